The van der Waals surface area contributed by atoms with Crippen molar-refractivity contribution in [1.82, 2.24) is 4.90 Å². The highest BCUT2D eigenvalue weighted by Crippen LogP contribution is 2.19. The zero-order valence-corrected chi connectivity index (χ0v) is 15.9. The highest BCUT2D eigenvalue weighted by atomic mass is 32.2. The maximum absolute atomic E-state index is 12.5. The molecule has 142 valence electrons. The Balaban J connectivity index is 1.92. The van der Waals surface area contributed by atoms with Crippen LogP contribution in [-0.4, -0.2) is 55.9 Å². The first-order valence-corrected chi connectivity index (χ1v) is 10.5. The molecule has 0 radical (unpaired) electrons. The lowest BCUT2D eigenvalue weighted by molar-refractivity contribution is -0.149. The van der Waals surface area contributed by atoms with Crippen molar-refractivity contribution in [2.45, 2.75) is 26.3 Å². The van der Waals surface area contributed by atoms with E-state index in [1.165, 1.54) is 6.08 Å². The fourth-order valence-corrected chi connectivity index (χ4v) is 4.59. The third-order valence-electron chi connectivity index (χ3n) is 4.08. The van der Waals surface area contributed by atoms with Crippen molar-refractivity contribution in [3.05, 3.63) is 42.0 Å². The number of benzene rings is 1. The van der Waals surface area contributed by atoms with E-state index in [9.17, 15) is 18.0 Å². The molecule has 7 heteroatoms. The van der Waals surface area contributed by atoms with Gasteiger partial charge in [0.15, 0.2) is 16.4 Å². The Morgan fingerprint density at radius 3 is 2.54 bits per heavy atom. The number of rotatable bonds is 7. The van der Waals surface area contributed by atoms with Gasteiger partial charge in [0, 0.05) is 18.7 Å². The lowest BCUT2D eigenvalue weighted by Crippen LogP contribution is -2.45. The van der Waals surface area contributed by atoms with Crippen LogP contribution in [0.2, 0.25) is 0 Å². The Morgan fingerprint density at radius 2 is 1.96 bits per heavy atom. The number of amides is 1. The number of carbonyl (C=O) groups excluding carboxylic acids is 2. The first kappa shape index (κ1) is 20.2. The minimum absolute atomic E-state index is 0.0205. The Labute approximate surface area is 154 Å². The third-order valence-corrected chi connectivity index (χ3v) is 5.83. The fraction of sp³-hybridized carbons (Fsp3) is 0.474. The summed E-state index contributed by atoms with van der Waals surface area (Å²) < 4.78 is 28.4. The minimum Gasteiger partial charge on any atom is -0.452 e. The van der Waals surface area contributed by atoms with Gasteiger partial charge in [-0.05, 0) is 24.0 Å². The summed E-state index contributed by atoms with van der Waals surface area (Å²) in [7, 11) is -3.09. The number of sulfone groups is 1. The fourth-order valence-electron chi connectivity index (χ4n) is 2.86. The quantitative estimate of drug-likeness (QED) is 0.534. The Bertz CT molecular complexity index is 755. The average Bonchev–Trinajstić information content (AvgIpc) is 2.96. The zero-order chi connectivity index (χ0) is 19.2. The summed E-state index contributed by atoms with van der Waals surface area (Å²) in [5.41, 5.74) is 0.855. The number of nitrogens with zero attached hydrogens (tertiary/aromatic N) is 1. The number of carbonyl (C=O) groups is 2. The van der Waals surface area contributed by atoms with Gasteiger partial charge in [-0.3, -0.25) is 4.79 Å². The van der Waals surface area contributed by atoms with Crippen LogP contribution in [0.25, 0.3) is 6.08 Å². The van der Waals surface area contributed by atoms with Gasteiger partial charge in [0.25, 0.3) is 5.91 Å². The van der Waals surface area contributed by atoms with E-state index >= 15 is 0 Å². The molecule has 1 aliphatic heterocycles. The predicted molar refractivity (Wildman–Crippen MR) is 100 cm³/mol. The van der Waals surface area contributed by atoms with Gasteiger partial charge in [0.1, 0.15) is 0 Å². The van der Waals surface area contributed by atoms with Gasteiger partial charge in [-0.15, -0.1) is 0 Å². The molecule has 1 amide bonds. The van der Waals surface area contributed by atoms with E-state index in [1.54, 1.807) is 11.0 Å². The molecule has 1 fully saturated rings. The highest BCUT2D eigenvalue weighted by molar-refractivity contribution is 7.91. The molecule has 0 aliphatic carbocycles. The summed E-state index contributed by atoms with van der Waals surface area (Å²) in [6, 6.07) is 8.94. The van der Waals surface area contributed by atoms with Crippen molar-refractivity contribution in [3.8, 4) is 0 Å². The molecule has 1 aliphatic rings. The lowest BCUT2D eigenvalue weighted by Gasteiger charge is -2.29. The Morgan fingerprint density at radius 1 is 1.27 bits per heavy atom. The van der Waals surface area contributed by atoms with Crippen LogP contribution in [0, 0.1) is 5.92 Å². The van der Waals surface area contributed by atoms with Gasteiger partial charge in [-0.25, -0.2) is 13.2 Å². The third kappa shape index (κ3) is 6.29. The molecule has 1 saturated heterocycles. The Kier molecular flexibility index (Phi) is 6.97. The van der Waals surface area contributed by atoms with E-state index in [-0.39, 0.29) is 36.0 Å². The summed E-state index contributed by atoms with van der Waals surface area (Å²) >= 11 is 0. The van der Waals surface area contributed by atoms with E-state index in [4.69, 9.17) is 4.74 Å². The van der Waals surface area contributed by atoms with Crippen molar-refractivity contribution in [1.29, 1.82) is 0 Å². The molecule has 1 aromatic rings. The molecule has 0 N–H and O–H groups in total. The summed E-state index contributed by atoms with van der Waals surface area (Å²) in [5, 5.41) is 0. The second kappa shape index (κ2) is 8.98. The van der Waals surface area contributed by atoms with Crippen LogP contribution in [-0.2, 0) is 24.2 Å². The molecular formula is C19H25NO5S. The molecular weight excluding hydrogens is 354 g/mol. The van der Waals surface area contributed by atoms with E-state index in [1.807, 2.05) is 44.2 Å². The second-order valence-electron chi connectivity index (χ2n) is 6.85. The van der Waals surface area contributed by atoms with Crippen molar-refractivity contribution in [2.75, 3.05) is 24.7 Å². The smallest absolute Gasteiger partial charge is 0.331 e. The molecule has 0 spiro atoms. The highest BCUT2D eigenvalue weighted by Gasteiger charge is 2.35. The van der Waals surface area contributed by atoms with Crippen LogP contribution in [0.15, 0.2) is 36.4 Å². The van der Waals surface area contributed by atoms with Gasteiger partial charge < -0.3 is 9.64 Å². The molecule has 0 aromatic heterocycles. The second-order valence-corrected chi connectivity index (χ2v) is 9.08. The lowest BCUT2D eigenvalue weighted by atomic mass is 10.1. The van der Waals surface area contributed by atoms with Crippen LogP contribution < -0.4 is 0 Å². The molecule has 1 atom stereocenters. The zero-order valence-electron chi connectivity index (χ0n) is 15.1. The molecule has 1 aromatic carbocycles. The van der Waals surface area contributed by atoms with Crippen LogP contribution in [0.3, 0.4) is 0 Å². The summed E-state index contributed by atoms with van der Waals surface area (Å²) in [6.45, 7) is 3.97. The van der Waals surface area contributed by atoms with Gasteiger partial charge >= 0.3 is 5.97 Å². The molecule has 1 heterocycles. The average molecular weight is 379 g/mol. The number of hydrogen-bond acceptors (Lipinski definition) is 5. The summed E-state index contributed by atoms with van der Waals surface area (Å²) in [5.74, 6) is -0.698. The largest absolute Gasteiger partial charge is 0.452 e. The first-order valence-electron chi connectivity index (χ1n) is 8.66. The van der Waals surface area contributed by atoms with Crippen molar-refractivity contribution >= 4 is 27.8 Å². The van der Waals surface area contributed by atoms with E-state index < -0.39 is 15.8 Å². The maximum Gasteiger partial charge on any atom is 0.331 e. The minimum atomic E-state index is -3.09. The van der Waals surface area contributed by atoms with Crippen LogP contribution in [0.4, 0.5) is 0 Å². The summed E-state index contributed by atoms with van der Waals surface area (Å²) in [6.07, 6.45) is 3.32. The molecule has 26 heavy (non-hydrogen) atoms. The van der Waals surface area contributed by atoms with Crippen LogP contribution in [0.1, 0.15) is 25.8 Å². The van der Waals surface area contributed by atoms with Gasteiger partial charge in [0.2, 0.25) is 0 Å². The molecule has 0 saturated carbocycles. The van der Waals surface area contributed by atoms with E-state index in [0.717, 1.165) is 5.56 Å². The monoisotopic (exact) mass is 379 g/mol. The van der Waals surface area contributed by atoms with Gasteiger partial charge in [-0.2, -0.15) is 0 Å². The number of esters is 1. The SMILES string of the molecule is CC(C)CN(C(=O)COC(=O)/C=C/c1ccccc1)[C@@H]1CCS(=O)(=O)C1. The first-order chi connectivity index (χ1) is 12.3. The van der Waals surface area contributed by atoms with Crippen molar-refractivity contribution < 1.29 is 22.7 Å². The van der Waals surface area contributed by atoms with Crippen LogP contribution >= 0.6 is 0 Å². The number of hydrogen-bond donors (Lipinski definition) is 0. The van der Waals surface area contributed by atoms with Gasteiger partial charge in [-0.1, -0.05) is 44.2 Å². The van der Waals surface area contributed by atoms with Crippen molar-refractivity contribution in [2.24, 2.45) is 5.92 Å². The molecule has 2 rings (SSSR count). The van der Waals surface area contributed by atoms with Crippen LogP contribution in [0.5, 0.6) is 0 Å². The maximum atomic E-state index is 12.5. The number of ether oxygens (including phenoxy) is 1. The van der Waals surface area contributed by atoms with E-state index in [2.05, 4.69) is 0 Å². The predicted octanol–water partition coefficient (Wildman–Crippen LogP) is 1.91. The van der Waals surface area contributed by atoms with Gasteiger partial charge in [0.05, 0.1) is 11.5 Å². The Hall–Kier alpha value is -2.15. The standard InChI is InChI=1S/C19H25NO5S/c1-15(2)12-20(17-10-11-26(23,24)14-17)18(21)13-25-19(22)9-8-16-6-4-3-5-7-16/h3-9,15,17H,10-14H2,1-2H3/b9-8+/t17-/m1/s1. The topological polar surface area (TPSA) is 80.8 Å². The molecule has 0 unspecified atom stereocenters. The summed E-state index contributed by atoms with van der Waals surface area (Å²) in [4.78, 5) is 25.8. The molecule has 0 bridgehead atoms. The van der Waals surface area contributed by atoms with E-state index in [0.29, 0.717) is 13.0 Å². The van der Waals surface area contributed by atoms with Crippen molar-refractivity contribution in [3.63, 3.8) is 0 Å². The molecule has 6 nitrogen and oxygen atoms in total. The normalized spacial score (nSPS) is 19.0.